The molecule has 2 aromatic carbocycles. The number of alkyl halides is 3. The van der Waals surface area contributed by atoms with E-state index in [0.29, 0.717) is 18.5 Å². The van der Waals surface area contributed by atoms with Crippen LogP contribution in [0.3, 0.4) is 0 Å². The van der Waals surface area contributed by atoms with Crippen LogP contribution in [-0.4, -0.2) is 30.6 Å². The van der Waals surface area contributed by atoms with Crippen molar-refractivity contribution in [1.82, 2.24) is 4.90 Å². The van der Waals surface area contributed by atoms with E-state index in [4.69, 9.17) is 0 Å². The Balaban J connectivity index is 2.04. The molecule has 0 aliphatic heterocycles. The Morgan fingerprint density at radius 2 is 1.68 bits per heavy atom. The zero-order valence-corrected chi connectivity index (χ0v) is 16.4. The van der Waals surface area contributed by atoms with Crippen LogP contribution < -0.4 is 0 Å². The average molecular weight is 391 g/mol. The summed E-state index contributed by atoms with van der Waals surface area (Å²) in [6, 6.07) is 15.2. The summed E-state index contributed by atoms with van der Waals surface area (Å²) in [7, 11) is 3.88. The molecule has 1 saturated carbocycles. The van der Waals surface area contributed by atoms with E-state index >= 15 is 0 Å². The Hall–Kier alpha value is -1.85. The highest BCUT2D eigenvalue weighted by molar-refractivity contribution is 5.32. The first-order chi connectivity index (χ1) is 13.2. The van der Waals surface area contributed by atoms with E-state index in [2.05, 4.69) is 0 Å². The highest BCUT2D eigenvalue weighted by Crippen LogP contribution is 2.48. The monoisotopic (exact) mass is 391 g/mol. The Labute approximate surface area is 165 Å². The molecular weight excluding hydrogens is 363 g/mol. The first kappa shape index (κ1) is 20.9. The minimum absolute atomic E-state index is 0.117. The Morgan fingerprint density at radius 1 is 1.00 bits per heavy atom. The van der Waals surface area contributed by atoms with Gasteiger partial charge in [0.2, 0.25) is 0 Å². The van der Waals surface area contributed by atoms with Crippen LogP contribution in [0.1, 0.15) is 36.0 Å². The fourth-order valence-electron chi connectivity index (χ4n) is 4.63. The van der Waals surface area contributed by atoms with E-state index in [-0.39, 0.29) is 11.8 Å². The SMILES string of the molecule is CN(C)CC1CCCC(Cc2ccccc2)C1(O)c1cccc(C(F)(F)F)c1. The molecule has 3 rings (SSSR count). The highest BCUT2D eigenvalue weighted by atomic mass is 19.4. The maximum Gasteiger partial charge on any atom is 0.416 e. The minimum Gasteiger partial charge on any atom is -0.385 e. The molecule has 1 aliphatic carbocycles. The van der Waals surface area contributed by atoms with Crippen LogP contribution in [0.15, 0.2) is 54.6 Å². The van der Waals surface area contributed by atoms with E-state index in [1.54, 1.807) is 6.07 Å². The van der Waals surface area contributed by atoms with Crippen molar-refractivity contribution < 1.29 is 18.3 Å². The quantitative estimate of drug-likeness (QED) is 0.765. The average Bonchev–Trinajstić information content (AvgIpc) is 2.65. The first-order valence-electron chi connectivity index (χ1n) is 9.80. The molecular formula is C23H28F3NO. The maximum absolute atomic E-state index is 13.3. The van der Waals surface area contributed by atoms with Crippen LogP contribution in [0.4, 0.5) is 13.2 Å². The summed E-state index contributed by atoms with van der Waals surface area (Å²) in [6.45, 7) is 0.637. The van der Waals surface area contributed by atoms with Crippen LogP contribution in [0.2, 0.25) is 0 Å². The Bertz CT molecular complexity index is 775. The predicted molar refractivity (Wildman–Crippen MR) is 105 cm³/mol. The molecule has 1 fully saturated rings. The van der Waals surface area contributed by atoms with Crippen molar-refractivity contribution in [2.75, 3.05) is 20.6 Å². The van der Waals surface area contributed by atoms with Gasteiger partial charge in [-0.2, -0.15) is 13.2 Å². The minimum atomic E-state index is -4.42. The third-order valence-electron chi connectivity index (χ3n) is 5.91. The van der Waals surface area contributed by atoms with Gasteiger partial charge in [0.1, 0.15) is 0 Å². The number of rotatable bonds is 5. The largest absolute Gasteiger partial charge is 0.416 e. The zero-order valence-electron chi connectivity index (χ0n) is 16.4. The first-order valence-corrected chi connectivity index (χ1v) is 9.80. The summed E-state index contributed by atoms with van der Waals surface area (Å²) < 4.78 is 40.0. The van der Waals surface area contributed by atoms with Crippen LogP contribution in [0.25, 0.3) is 0 Å². The molecule has 0 bridgehead atoms. The molecule has 2 aromatic rings. The fraction of sp³-hybridized carbons (Fsp3) is 0.478. The third-order valence-corrected chi connectivity index (χ3v) is 5.91. The van der Waals surface area contributed by atoms with Crippen molar-refractivity contribution in [3.8, 4) is 0 Å². The van der Waals surface area contributed by atoms with Crippen molar-refractivity contribution in [1.29, 1.82) is 0 Å². The zero-order chi connectivity index (χ0) is 20.4. The van der Waals surface area contributed by atoms with Gasteiger partial charge in [-0.15, -0.1) is 0 Å². The number of hydrogen-bond acceptors (Lipinski definition) is 2. The number of hydrogen-bond donors (Lipinski definition) is 1. The number of aliphatic hydroxyl groups is 1. The van der Waals surface area contributed by atoms with Crippen LogP contribution in [0, 0.1) is 11.8 Å². The summed E-state index contributed by atoms with van der Waals surface area (Å²) in [6.07, 6.45) is -1.20. The Kier molecular flexibility index (Phi) is 6.15. The van der Waals surface area contributed by atoms with E-state index in [0.717, 1.165) is 37.0 Å². The fourth-order valence-corrected chi connectivity index (χ4v) is 4.63. The van der Waals surface area contributed by atoms with Gasteiger partial charge in [-0.3, -0.25) is 0 Å². The second-order valence-electron chi connectivity index (χ2n) is 8.18. The van der Waals surface area contributed by atoms with Crippen LogP contribution >= 0.6 is 0 Å². The molecule has 1 aliphatic rings. The van der Waals surface area contributed by atoms with Gasteiger partial charge < -0.3 is 10.0 Å². The van der Waals surface area contributed by atoms with Crippen LogP contribution in [0.5, 0.6) is 0 Å². The normalized spacial score (nSPS) is 25.8. The van der Waals surface area contributed by atoms with Crippen LogP contribution in [-0.2, 0) is 18.2 Å². The highest BCUT2D eigenvalue weighted by Gasteiger charge is 2.48. The van der Waals surface area contributed by atoms with Gasteiger partial charge in [-0.1, -0.05) is 48.9 Å². The number of halogens is 3. The summed E-state index contributed by atoms with van der Waals surface area (Å²) in [4.78, 5) is 2.01. The second-order valence-corrected chi connectivity index (χ2v) is 8.18. The summed E-state index contributed by atoms with van der Waals surface area (Å²) >= 11 is 0. The third kappa shape index (κ3) is 4.41. The molecule has 3 atom stereocenters. The maximum atomic E-state index is 13.3. The summed E-state index contributed by atoms with van der Waals surface area (Å²) in [5.41, 5.74) is -0.510. The molecule has 0 amide bonds. The molecule has 0 saturated heterocycles. The molecule has 2 nitrogen and oxygen atoms in total. The molecule has 1 N–H and O–H groups in total. The molecule has 5 heteroatoms. The number of nitrogens with zero attached hydrogens (tertiary/aromatic N) is 1. The lowest BCUT2D eigenvalue weighted by atomic mass is 9.63. The van der Waals surface area contributed by atoms with Gasteiger partial charge in [0.15, 0.2) is 0 Å². The van der Waals surface area contributed by atoms with Gasteiger partial charge in [0.25, 0.3) is 0 Å². The lowest BCUT2D eigenvalue weighted by Crippen LogP contribution is -2.49. The topological polar surface area (TPSA) is 23.5 Å². The van der Waals surface area contributed by atoms with E-state index in [9.17, 15) is 18.3 Å². The van der Waals surface area contributed by atoms with E-state index in [1.807, 2.05) is 49.3 Å². The standard InChI is InChI=1S/C23H28F3NO/c1-27(2)16-21-13-7-10-18(14-17-8-4-3-5-9-17)22(21,28)19-11-6-12-20(15-19)23(24,25)26/h3-6,8-9,11-12,15,18,21,28H,7,10,13-14,16H2,1-2H3. The molecule has 28 heavy (non-hydrogen) atoms. The second kappa shape index (κ2) is 8.26. The lowest BCUT2D eigenvalue weighted by molar-refractivity contribution is -0.138. The van der Waals surface area contributed by atoms with Gasteiger partial charge >= 0.3 is 6.18 Å². The molecule has 152 valence electrons. The van der Waals surface area contributed by atoms with Crippen molar-refractivity contribution in [3.05, 3.63) is 71.3 Å². The summed E-state index contributed by atoms with van der Waals surface area (Å²) in [5.74, 6) is -0.245. The summed E-state index contributed by atoms with van der Waals surface area (Å²) in [5, 5.41) is 12.0. The smallest absolute Gasteiger partial charge is 0.385 e. The van der Waals surface area contributed by atoms with Crippen molar-refractivity contribution >= 4 is 0 Å². The predicted octanol–water partition coefficient (Wildman–Crippen LogP) is 5.11. The number of benzene rings is 2. The van der Waals surface area contributed by atoms with Gasteiger partial charge in [-0.25, -0.2) is 0 Å². The lowest BCUT2D eigenvalue weighted by Gasteiger charge is -2.47. The van der Waals surface area contributed by atoms with Gasteiger partial charge in [-0.05, 0) is 62.5 Å². The van der Waals surface area contributed by atoms with E-state index in [1.165, 1.54) is 6.07 Å². The van der Waals surface area contributed by atoms with E-state index < -0.39 is 17.3 Å². The van der Waals surface area contributed by atoms with Crippen molar-refractivity contribution in [2.45, 2.75) is 37.5 Å². The van der Waals surface area contributed by atoms with Crippen molar-refractivity contribution in [2.24, 2.45) is 11.8 Å². The van der Waals surface area contributed by atoms with Gasteiger partial charge in [0, 0.05) is 12.5 Å². The molecule has 0 heterocycles. The van der Waals surface area contributed by atoms with Gasteiger partial charge in [0.05, 0.1) is 11.2 Å². The molecule has 3 unspecified atom stereocenters. The molecule has 0 aromatic heterocycles. The molecule has 0 spiro atoms. The Morgan fingerprint density at radius 3 is 2.32 bits per heavy atom. The van der Waals surface area contributed by atoms with Crippen molar-refractivity contribution in [3.63, 3.8) is 0 Å². The molecule has 0 radical (unpaired) electrons.